The maximum absolute atomic E-state index is 5.65. The summed E-state index contributed by atoms with van der Waals surface area (Å²) in [6.45, 7) is 3.01. The van der Waals surface area contributed by atoms with Gasteiger partial charge in [0.2, 0.25) is 0 Å². The first-order valence-corrected chi connectivity index (χ1v) is 8.13. The van der Waals surface area contributed by atoms with Gasteiger partial charge < -0.3 is 9.73 Å². The van der Waals surface area contributed by atoms with Crippen LogP contribution in [-0.4, -0.2) is 34.5 Å². The highest BCUT2D eigenvalue weighted by atomic mass is 16.3. The zero-order valence-corrected chi connectivity index (χ0v) is 13.0. The molecule has 1 aromatic carbocycles. The van der Waals surface area contributed by atoms with Crippen LogP contribution in [-0.2, 0) is 0 Å². The lowest BCUT2D eigenvalue weighted by Gasteiger charge is -2.26. The molecule has 0 radical (unpaired) electrons. The van der Waals surface area contributed by atoms with Crippen molar-refractivity contribution in [1.82, 2.24) is 14.9 Å². The van der Waals surface area contributed by atoms with Crippen LogP contribution in [0, 0.1) is 0 Å². The topological polar surface area (TPSA) is 54.2 Å². The summed E-state index contributed by atoms with van der Waals surface area (Å²) in [5, 5.41) is 3.43. The van der Waals surface area contributed by atoms with Crippen LogP contribution in [0.5, 0.6) is 0 Å². The smallest absolute Gasteiger partial charge is 0.145 e. The third-order valence-electron chi connectivity index (χ3n) is 4.38. The maximum atomic E-state index is 5.65. The fraction of sp³-hybridized carbons (Fsp3) is 0.333. The molecule has 1 atom stereocenters. The maximum Gasteiger partial charge on any atom is 0.145 e. The summed E-state index contributed by atoms with van der Waals surface area (Å²) in [6.07, 6.45) is 6.06. The molecule has 1 N–H and O–H groups in total. The molecule has 1 aliphatic heterocycles. The monoisotopic (exact) mass is 308 g/mol. The lowest BCUT2D eigenvalue weighted by molar-refractivity contribution is 0.225. The average molecular weight is 308 g/mol. The van der Waals surface area contributed by atoms with Crippen molar-refractivity contribution in [1.29, 1.82) is 0 Å². The molecule has 3 heterocycles. The summed E-state index contributed by atoms with van der Waals surface area (Å²) in [6, 6.07) is 12.2. The molecule has 0 amide bonds. The van der Waals surface area contributed by atoms with Crippen molar-refractivity contribution in [3.8, 4) is 0 Å². The highest BCUT2D eigenvalue weighted by Crippen LogP contribution is 2.26. The SMILES string of the molecule is c1coc(C(CNc2cnc3ccccc3n2)N2CCCC2)c1. The molecule has 118 valence electrons. The Hall–Kier alpha value is -2.40. The van der Waals surface area contributed by atoms with Gasteiger partial charge in [0.15, 0.2) is 0 Å². The number of likely N-dealkylation sites (tertiary alicyclic amines) is 1. The van der Waals surface area contributed by atoms with Gasteiger partial charge in [0.1, 0.15) is 11.6 Å². The van der Waals surface area contributed by atoms with Crippen LogP contribution < -0.4 is 5.32 Å². The number of nitrogens with zero attached hydrogens (tertiary/aromatic N) is 3. The first-order valence-electron chi connectivity index (χ1n) is 8.13. The second-order valence-corrected chi connectivity index (χ2v) is 5.90. The third-order valence-corrected chi connectivity index (χ3v) is 4.38. The summed E-state index contributed by atoms with van der Waals surface area (Å²) >= 11 is 0. The molecule has 2 aromatic heterocycles. The van der Waals surface area contributed by atoms with Crippen molar-refractivity contribution in [2.45, 2.75) is 18.9 Å². The fourth-order valence-corrected chi connectivity index (χ4v) is 3.19. The lowest BCUT2D eigenvalue weighted by atomic mass is 10.2. The lowest BCUT2D eigenvalue weighted by Crippen LogP contribution is -2.30. The van der Waals surface area contributed by atoms with Gasteiger partial charge >= 0.3 is 0 Å². The molecule has 5 heteroatoms. The van der Waals surface area contributed by atoms with E-state index in [0.717, 1.165) is 42.2 Å². The van der Waals surface area contributed by atoms with Gasteiger partial charge in [-0.05, 0) is 50.2 Å². The largest absolute Gasteiger partial charge is 0.468 e. The third kappa shape index (κ3) is 3.05. The number of furan rings is 1. The number of para-hydroxylation sites is 2. The molecule has 0 aliphatic carbocycles. The van der Waals surface area contributed by atoms with Gasteiger partial charge in [-0.1, -0.05) is 12.1 Å². The molecule has 0 spiro atoms. The van der Waals surface area contributed by atoms with Crippen molar-refractivity contribution < 1.29 is 4.42 Å². The predicted molar refractivity (Wildman–Crippen MR) is 90.3 cm³/mol. The first kappa shape index (κ1) is 14.2. The molecule has 3 aromatic rings. The minimum Gasteiger partial charge on any atom is -0.468 e. The van der Waals surface area contributed by atoms with E-state index in [-0.39, 0.29) is 6.04 Å². The number of anilines is 1. The number of rotatable bonds is 5. The first-order chi connectivity index (χ1) is 11.4. The highest BCUT2D eigenvalue weighted by Gasteiger charge is 2.25. The zero-order chi connectivity index (χ0) is 15.5. The molecule has 1 unspecified atom stereocenters. The van der Waals surface area contributed by atoms with Crippen molar-refractivity contribution in [2.24, 2.45) is 0 Å². The molecule has 1 saturated heterocycles. The summed E-state index contributed by atoms with van der Waals surface area (Å²) in [4.78, 5) is 11.6. The highest BCUT2D eigenvalue weighted by molar-refractivity contribution is 5.75. The van der Waals surface area contributed by atoms with Gasteiger partial charge in [0.05, 0.1) is 29.5 Å². The van der Waals surface area contributed by atoms with Crippen LogP contribution in [0.4, 0.5) is 5.82 Å². The van der Waals surface area contributed by atoms with E-state index < -0.39 is 0 Å². The van der Waals surface area contributed by atoms with E-state index >= 15 is 0 Å². The predicted octanol–water partition coefficient (Wildman–Crippen LogP) is 3.47. The summed E-state index contributed by atoms with van der Waals surface area (Å²) in [7, 11) is 0. The Morgan fingerprint density at radius 2 is 1.91 bits per heavy atom. The Balaban J connectivity index is 1.52. The van der Waals surface area contributed by atoms with E-state index in [1.165, 1.54) is 12.8 Å². The molecule has 0 bridgehead atoms. The van der Waals surface area contributed by atoms with E-state index in [1.807, 2.05) is 30.3 Å². The molecule has 5 nitrogen and oxygen atoms in total. The Morgan fingerprint density at radius 3 is 2.70 bits per heavy atom. The van der Waals surface area contributed by atoms with E-state index in [4.69, 9.17) is 4.42 Å². The summed E-state index contributed by atoms with van der Waals surface area (Å²) in [5.41, 5.74) is 1.83. The average Bonchev–Trinajstić information content (AvgIpc) is 3.29. The molecule has 23 heavy (non-hydrogen) atoms. The molecular formula is C18H20N4O. The number of aromatic nitrogens is 2. The number of hydrogen-bond donors (Lipinski definition) is 1. The van der Waals surface area contributed by atoms with E-state index in [9.17, 15) is 0 Å². The van der Waals surface area contributed by atoms with Gasteiger partial charge in [-0.15, -0.1) is 0 Å². The zero-order valence-electron chi connectivity index (χ0n) is 13.0. The minimum atomic E-state index is 0.237. The number of hydrogen-bond acceptors (Lipinski definition) is 5. The van der Waals surface area contributed by atoms with Crippen LogP contribution in [0.3, 0.4) is 0 Å². The van der Waals surface area contributed by atoms with Gasteiger partial charge in [-0.25, -0.2) is 4.98 Å². The van der Waals surface area contributed by atoms with Crippen LogP contribution >= 0.6 is 0 Å². The van der Waals surface area contributed by atoms with E-state index in [2.05, 4.69) is 26.3 Å². The van der Waals surface area contributed by atoms with Gasteiger partial charge in [0.25, 0.3) is 0 Å². The van der Waals surface area contributed by atoms with Crippen molar-refractivity contribution in [3.63, 3.8) is 0 Å². The van der Waals surface area contributed by atoms with Gasteiger partial charge in [-0.2, -0.15) is 0 Å². The summed E-state index contributed by atoms with van der Waals surface area (Å²) in [5.74, 6) is 1.81. The normalized spacial score (nSPS) is 16.7. The molecule has 0 saturated carbocycles. The van der Waals surface area contributed by atoms with Crippen molar-refractivity contribution in [3.05, 3.63) is 54.6 Å². The standard InChI is InChI=1S/C18H20N4O/c1-2-7-15-14(6-1)19-13-18(21-15)20-12-16(17-8-5-11-23-17)22-9-3-4-10-22/h1-2,5-8,11,13,16H,3-4,9-10,12H2,(H,20,21). The number of fused-ring (bicyclic) bond motifs is 1. The second kappa shape index (κ2) is 6.38. The number of nitrogens with one attached hydrogen (secondary N) is 1. The van der Waals surface area contributed by atoms with Crippen LogP contribution in [0.1, 0.15) is 24.6 Å². The van der Waals surface area contributed by atoms with Gasteiger partial charge in [-0.3, -0.25) is 9.88 Å². The van der Waals surface area contributed by atoms with E-state index in [0.29, 0.717) is 0 Å². The Bertz CT molecular complexity index is 766. The Labute approximate surface area is 135 Å². The van der Waals surface area contributed by atoms with Crippen molar-refractivity contribution in [2.75, 3.05) is 25.0 Å². The van der Waals surface area contributed by atoms with Crippen molar-refractivity contribution >= 4 is 16.9 Å². The number of benzene rings is 1. The quantitative estimate of drug-likeness (QED) is 0.782. The molecule has 1 aliphatic rings. The van der Waals surface area contributed by atoms with Gasteiger partial charge in [0, 0.05) is 6.54 Å². The fourth-order valence-electron chi connectivity index (χ4n) is 3.19. The molecular weight excluding hydrogens is 288 g/mol. The Kier molecular flexibility index (Phi) is 3.94. The Morgan fingerprint density at radius 1 is 1.09 bits per heavy atom. The summed E-state index contributed by atoms with van der Waals surface area (Å²) < 4.78 is 5.65. The van der Waals surface area contributed by atoms with E-state index in [1.54, 1.807) is 12.5 Å². The molecule has 4 rings (SSSR count). The second-order valence-electron chi connectivity index (χ2n) is 5.90. The van der Waals surface area contributed by atoms with Crippen LogP contribution in [0.15, 0.2) is 53.3 Å². The minimum absolute atomic E-state index is 0.237. The van der Waals surface area contributed by atoms with Crippen LogP contribution in [0.25, 0.3) is 11.0 Å². The molecule has 1 fully saturated rings. The van der Waals surface area contributed by atoms with Crippen LogP contribution in [0.2, 0.25) is 0 Å².